The minimum atomic E-state index is -3.63. The SMILES string of the molecule is CC1(C)COP(=O)(N(C#C[C@@H](NS(=O)C(C)(C)C)c2ccccc2)Cc2ccccc2)OC1. The number of rotatable bonds is 6. The summed E-state index contributed by atoms with van der Waals surface area (Å²) in [6.45, 7) is 10.6. The fourth-order valence-corrected chi connectivity index (χ4v) is 5.58. The van der Waals surface area contributed by atoms with Crippen molar-refractivity contribution in [2.75, 3.05) is 13.2 Å². The molecule has 0 bridgehead atoms. The van der Waals surface area contributed by atoms with Crippen LogP contribution in [0.2, 0.25) is 0 Å². The van der Waals surface area contributed by atoms with Gasteiger partial charge in [-0.3, -0.25) is 9.05 Å². The summed E-state index contributed by atoms with van der Waals surface area (Å²) in [7, 11) is -4.98. The maximum atomic E-state index is 13.7. The van der Waals surface area contributed by atoms with Crippen LogP contribution in [0.4, 0.5) is 0 Å². The first-order valence-corrected chi connectivity index (χ1v) is 13.6. The first kappa shape index (κ1) is 25.7. The number of nitrogens with one attached hydrogen (secondary N) is 1. The zero-order valence-corrected chi connectivity index (χ0v) is 21.6. The fourth-order valence-electron chi connectivity index (χ4n) is 2.92. The molecule has 0 amide bonds. The Morgan fingerprint density at radius 1 is 1.06 bits per heavy atom. The van der Waals surface area contributed by atoms with E-state index in [1.807, 2.05) is 95.3 Å². The molecule has 0 spiro atoms. The van der Waals surface area contributed by atoms with Crippen molar-refractivity contribution in [3.8, 4) is 12.0 Å². The molecule has 33 heavy (non-hydrogen) atoms. The smallest absolute Gasteiger partial charge is 0.291 e. The van der Waals surface area contributed by atoms with E-state index in [1.54, 1.807) is 0 Å². The molecule has 0 saturated carbocycles. The summed E-state index contributed by atoms with van der Waals surface area (Å²) in [5, 5.41) is 0. The van der Waals surface area contributed by atoms with Gasteiger partial charge in [-0.05, 0) is 31.9 Å². The van der Waals surface area contributed by atoms with Crippen LogP contribution in [-0.4, -0.2) is 26.8 Å². The highest BCUT2D eigenvalue weighted by molar-refractivity contribution is 7.84. The molecule has 0 aromatic heterocycles. The Labute approximate surface area is 200 Å². The van der Waals surface area contributed by atoms with E-state index in [-0.39, 0.29) is 12.0 Å². The van der Waals surface area contributed by atoms with Gasteiger partial charge in [0.2, 0.25) is 0 Å². The lowest BCUT2D eigenvalue weighted by Crippen LogP contribution is -2.35. The molecule has 1 aliphatic rings. The molecule has 2 aromatic rings. The van der Waals surface area contributed by atoms with Crippen LogP contribution in [0.25, 0.3) is 0 Å². The summed E-state index contributed by atoms with van der Waals surface area (Å²) in [5.74, 6) is 3.14. The van der Waals surface area contributed by atoms with Gasteiger partial charge in [-0.25, -0.2) is 18.2 Å². The van der Waals surface area contributed by atoms with Gasteiger partial charge in [-0.1, -0.05) is 80.4 Å². The van der Waals surface area contributed by atoms with Gasteiger partial charge in [0.05, 0.1) is 35.5 Å². The Balaban J connectivity index is 1.95. The molecule has 1 fully saturated rings. The number of hydrogen-bond donors (Lipinski definition) is 1. The average molecular weight is 489 g/mol. The van der Waals surface area contributed by atoms with Gasteiger partial charge in [0.1, 0.15) is 6.04 Å². The van der Waals surface area contributed by atoms with Gasteiger partial charge in [-0.2, -0.15) is 0 Å². The minimum absolute atomic E-state index is 0.225. The van der Waals surface area contributed by atoms with Crippen molar-refractivity contribution in [3.63, 3.8) is 0 Å². The van der Waals surface area contributed by atoms with Crippen LogP contribution in [0.1, 0.15) is 51.8 Å². The molecule has 1 saturated heterocycles. The Hall–Kier alpha value is -1.94. The van der Waals surface area contributed by atoms with Crippen molar-refractivity contribution in [2.45, 2.75) is 52.0 Å². The number of hydrogen-bond acceptors (Lipinski definition) is 4. The van der Waals surface area contributed by atoms with Crippen molar-refractivity contribution < 1.29 is 17.8 Å². The second-order valence-corrected chi connectivity index (χ2v) is 13.8. The lowest BCUT2D eigenvalue weighted by atomic mass is 9.97. The number of nitrogens with zero attached hydrogens (tertiary/aromatic N) is 1. The quantitative estimate of drug-likeness (QED) is 0.334. The van der Waals surface area contributed by atoms with Crippen LogP contribution in [0, 0.1) is 17.4 Å². The van der Waals surface area contributed by atoms with Crippen molar-refractivity contribution in [3.05, 3.63) is 71.8 Å². The molecule has 2 atom stereocenters. The van der Waals surface area contributed by atoms with E-state index in [1.165, 1.54) is 4.67 Å². The molecule has 1 aliphatic heterocycles. The van der Waals surface area contributed by atoms with E-state index in [0.29, 0.717) is 13.2 Å². The summed E-state index contributed by atoms with van der Waals surface area (Å²) in [6.07, 6.45) is 0. The molecule has 0 aliphatic carbocycles. The van der Waals surface area contributed by atoms with Crippen molar-refractivity contribution in [2.24, 2.45) is 5.41 Å². The minimum Gasteiger partial charge on any atom is -0.291 e. The molecule has 1 N–H and O–H groups in total. The van der Waals surface area contributed by atoms with Crippen LogP contribution in [0.15, 0.2) is 60.7 Å². The van der Waals surface area contributed by atoms with Gasteiger partial charge in [0, 0.05) is 11.5 Å². The molecule has 8 heteroatoms. The lowest BCUT2D eigenvalue weighted by molar-refractivity contribution is 0.0262. The predicted octanol–water partition coefficient (Wildman–Crippen LogP) is 5.42. The Morgan fingerprint density at radius 2 is 1.61 bits per heavy atom. The summed E-state index contributed by atoms with van der Waals surface area (Å²) < 4.78 is 42.1. The highest BCUT2D eigenvalue weighted by Gasteiger charge is 2.41. The van der Waals surface area contributed by atoms with E-state index >= 15 is 0 Å². The molecular weight excluding hydrogens is 455 g/mol. The van der Waals surface area contributed by atoms with Crippen molar-refractivity contribution >= 4 is 18.7 Å². The highest BCUT2D eigenvalue weighted by Crippen LogP contribution is 2.56. The van der Waals surface area contributed by atoms with Gasteiger partial charge in [0.15, 0.2) is 0 Å². The Bertz CT molecular complexity index is 1040. The standard InChI is InChI=1S/C25H33N2O4PS/c1-24(2,3)33(29)26-23(22-14-10-7-11-15-22)16-17-27(18-21-12-8-6-9-13-21)32(28)30-19-25(4,5)20-31-32/h6-15,23,26H,18-20H2,1-5H3/t23-,33?/m1/s1. The summed E-state index contributed by atoms with van der Waals surface area (Å²) in [5.41, 5.74) is 1.58. The molecular formula is C25H33N2O4PS. The molecule has 0 radical (unpaired) electrons. The Kier molecular flexibility index (Phi) is 8.21. The first-order valence-electron chi connectivity index (χ1n) is 10.9. The third kappa shape index (κ3) is 7.27. The van der Waals surface area contributed by atoms with E-state index < -0.39 is 29.5 Å². The van der Waals surface area contributed by atoms with Gasteiger partial charge >= 0.3 is 7.75 Å². The van der Waals surface area contributed by atoms with E-state index in [0.717, 1.165) is 11.1 Å². The predicted molar refractivity (Wildman–Crippen MR) is 133 cm³/mol. The van der Waals surface area contributed by atoms with Crippen LogP contribution in [-0.2, 0) is 31.1 Å². The fraction of sp³-hybridized carbons (Fsp3) is 0.440. The van der Waals surface area contributed by atoms with Gasteiger partial charge < -0.3 is 0 Å². The molecule has 1 heterocycles. The van der Waals surface area contributed by atoms with Gasteiger partial charge in [0.25, 0.3) is 0 Å². The first-order chi connectivity index (χ1) is 15.5. The van der Waals surface area contributed by atoms with Crippen LogP contribution in [0.5, 0.6) is 0 Å². The number of benzene rings is 2. The average Bonchev–Trinajstić information content (AvgIpc) is 2.78. The molecule has 2 aromatic carbocycles. The zero-order chi connectivity index (χ0) is 24.1. The third-order valence-corrected chi connectivity index (χ3v) is 8.27. The second-order valence-electron chi connectivity index (χ2n) is 9.82. The molecule has 1 unspecified atom stereocenters. The summed E-state index contributed by atoms with van der Waals surface area (Å²) >= 11 is 0. The topological polar surface area (TPSA) is 67.9 Å². The third-order valence-electron chi connectivity index (χ3n) is 4.96. The molecule has 3 rings (SSSR count). The normalized spacial score (nSPS) is 19.1. The largest absolute Gasteiger partial charge is 0.442 e. The van der Waals surface area contributed by atoms with Crippen molar-refractivity contribution in [1.82, 2.24) is 9.39 Å². The monoisotopic (exact) mass is 488 g/mol. The summed E-state index contributed by atoms with van der Waals surface area (Å²) in [4.78, 5) is 0. The molecule has 178 valence electrons. The van der Waals surface area contributed by atoms with E-state index in [4.69, 9.17) is 9.05 Å². The maximum Gasteiger partial charge on any atom is 0.442 e. The van der Waals surface area contributed by atoms with E-state index in [2.05, 4.69) is 16.7 Å². The van der Waals surface area contributed by atoms with Crippen LogP contribution in [0.3, 0.4) is 0 Å². The molecule has 6 nitrogen and oxygen atoms in total. The maximum absolute atomic E-state index is 13.7. The second kappa shape index (κ2) is 10.5. The Morgan fingerprint density at radius 3 is 2.15 bits per heavy atom. The highest BCUT2D eigenvalue weighted by atomic mass is 32.2. The van der Waals surface area contributed by atoms with Gasteiger partial charge in [-0.15, -0.1) is 0 Å². The zero-order valence-electron chi connectivity index (χ0n) is 19.9. The van der Waals surface area contributed by atoms with Crippen LogP contribution >= 0.6 is 7.75 Å². The summed E-state index contributed by atoms with van der Waals surface area (Å²) in [6, 6.07) is 21.7. The lowest BCUT2D eigenvalue weighted by Gasteiger charge is -2.37. The van der Waals surface area contributed by atoms with Crippen LogP contribution < -0.4 is 4.72 Å². The van der Waals surface area contributed by atoms with Crippen molar-refractivity contribution in [1.29, 1.82) is 0 Å². The van der Waals surface area contributed by atoms with E-state index in [9.17, 15) is 8.77 Å².